The number of nitrogens with one attached hydrogen (secondary N) is 2. The molecule has 2 N–H and O–H groups in total. The summed E-state index contributed by atoms with van der Waals surface area (Å²) < 4.78 is 28.1. The lowest BCUT2D eigenvalue weighted by atomic mass is 10.1. The van der Waals surface area contributed by atoms with Crippen molar-refractivity contribution in [2.45, 2.75) is 24.8 Å². The molecule has 1 unspecified atom stereocenters. The lowest BCUT2D eigenvalue weighted by Crippen LogP contribution is -2.26. The summed E-state index contributed by atoms with van der Waals surface area (Å²) in [6.07, 6.45) is 0. The van der Waals surface area contributed by atoms with Gasteiger partial charge >= 0.3 is 0 Å². The number of rotatable bonds is 4. The van der Waals surface area contributed by atoms with Crippen molar-refractivity contribution in [1.82, 2.24) is 5.32 Å². The van der Waals surface area contributed by atoms with E-state index in [2.05, 4.69) is 15.0 Å². The zero-order valence-electron chi connectivity index (χ0n) is 16.6. The third kappa shape index (κ3) is 3.97. The fraction of sp³-hybridized carbons (Fsp3) is 0.130. The second-order valence-corrected chi connectivity index (χ2v) is 8.79. The molecule has 1 atom stereocenters. The molecular formula is C23H21N3O3S. The topological polar surface area (TPSA) is 87.6 Å². The van der Waals surface area contributed by atoms with Crippen LogP contribution in [0.3, 0.4) is 0 Å². The number of nitrogens with zero attached hydrogens (tertiary/aromatic N) is 1. The van der Waals surface area contributed by atoms with Gasteiger partial charge in [-0.15, -0.1) is 4.40 Å². The molecule has 1 amide bonds. The molecule has 0 spiro atoms. The third-order valence-electron chi connectivity index (χ3n) is 4.97. The first-order chi connectivity index (χ1) is 14.3. The van der Waals surface area contributed by atoms with Crippen molar-refractivity contribution < 1.29 is 13.2 Å². The number of sulfonamides is 1. The lowest BCUT2D eigenvalue weighted by Gasteiger charge is -2.15. The number of aryl methyl sites for hydroxylation is 1. The van der Waals surface area contributed by atoms with E-state index in [9.17, 15) is 13.2 Å². The minimum Gasteiger partial charge on any atom is -0.346 e. The maximum Gasteiger partial charge on any atom is 0.285 e. The molecule has 0 saturated carbocycles. The highest BCUT2D eigenvalue weighted by atomic mass is 32.2. The van der Waals surface area contributed by atoms with Gasteiger partial charge in [-0.1, -0.05) is 42.0 Å². The predicted molar refractivity (Wildman–Crippen MR) is 117 cm³/mol. The van der Waals surface area contributed by atoms with E-state index in [0.717, 1.165) is 5.56 Å². The Bertz CT molecular complexity index is 1230. The maximum absolute atomic E-state index is 12.6. The number of fused-ring (bicyclic) bond motifs is 1. The lowest BCUT2D eigenvalue weighted by molar-refractivity contribution is 0.0940. The van der Waals surface area contributed by atoms with Crippen LogP contribution in [0.5, 0.6) is 0 Å². The Balaban J connectivity index is 1.46. The molecule has 1 aliphatic rings. The van der Waals surface area contributed by atoms with Gasteiger partial charge in [0.05, 0.1) is 6.04 Å². The molecule has 0 bridgehead atoms. The van der Waals surface area contributed by atoms with Crippen LogP contribution < -0.4 is 10.6 Å². The molecule has 0 aromatic heterocycles. The molecule has 3 aromatic carbocycles. The summed E-state index contributed by atoms with van der Waals surface area (Å²) >= 11 is 0. The molecular weight excluding hydrogens is 398 g/mol. The average molecular weight is 420 g/mol. The number of amides is 1. The van der Waals surface area contributed by atoms with E-state index in [0.29, 0.717) is 16.8 Å². The molecule has 0 radical (unpaired) electrons. The number of benzene rings is 3. The molecule has 30 heavy (non-hydrogen) atoms. The van der Waals surface area contributed by atoms with Crippen LogP contribution in [0.2, 0.25) is 0 Å². The standard InChI is InChI=1S/C23H21N3O3S/c1-15-7-9-17(10-8-15)16(2)24-23(27)18-11-13-19(14-12-18)25-22-20-5-3-4-6-21(20)30(28,29)26-22/h3-14,16H,1-2H3,(H,24,27)(H,25,26). The SMILES string of the molecule is Cc1ccc(C(C)NC(=O)c2ccc(NC3=NS(=O)(=O)c4ccccc43)cc2)cc1. The van der Waals surface area contributed by atoms with Gasteiger partial charge in [0.25, 0.3) is 15.9 Å². The number of amidine groups is 1. The summed E-state index contributed by atoms with van der Waals surface area (Å²) in [5.41, 5.74) is 3.89. The number of hydrogen-bond acceptors (Lipinski definition) is 4. The van der Waals surface area contributed by atoms with Crippen LogP contribution in [0.25, 0.3) is 0 Å². The molecule has 7 heteroatoms. The molecule has 1 heterocycles. The molecule has 0 saturated heterocycles. The predicted octanol–water partition coefficient (Wildman–Crippen LogP) is 4.05. The highest BCUT2D eigenvalue weighted by molar-refractivity contribution is 7.90. The summed E-state index contributed by atoms with van der Waals surface area (Å²) in [7, 11) is -3.68. The molecule has 6 nitrogen and oxygen atoms in total. The Morgan fingerprint density at radius 3 is 2.30 bits per heavy atom. The van der Waals surface area contributed by atoms with Crippen molar-refractivity contribution >= 4 is 27.5 Å². The van der Waals surface area contributed by atoms with Crippen molar-refractivity contribution in [2.24, 2.45) is 4.40 Å². The fourth-order valence-corrected chi connectivity index (χ4v) is 4.43. The van der Waals surface area contributed by atoms with E-state index in [-0.39, 0.29) is 22.7 Å². The first-order valence-corrected chi connectivity index (χ1v) is 11.0. The third-order valence-corrected chi connectivity index (χ3v) is 6.30. The molecule has 4 rings (SSSR count). The van der Waals surface area contributed by atoms with Gasteiger partial charge in [-0.2, -0.15) is 8.42 Å². The molecule has 0 aliphatic carbocycles. The minimum atomic E-state index is -3.68. The Kier molecular flexibility index (Phi) is 5.13. The molecule has 1 aliphatic heterocycles. The van der Waals surface area contributed by atoms with Gasteiger partial charge in [-0.05, 0) is 55.8 Å². The largest absolute Gasteiger partial charge is 0.346 e. The van der Waals surface area contributed by atoms with Crippen LogP contribution in [0, 0.1) is 6.92 Å². The van der Waals surface area contributed by atoms with Gasteiger partial charge in [0, 0.05) is 16.8 Å². The Morgan fingerprint density at radius 1 is 0.933 bits per heavy atom. The van der Waals surface area contributed by atoms with Crippen LogP contribution in [0.15, 0.2) is 82.1 Å². The van der Waals surface area contributed by atoms with Gasteiger partial charge in [-0.3, -0.25) is 4.79 Å². The van der Waals surface area contributed by atoms with Crippen molar-refractivity contribution in [3.05, 3.63) is 95.1 Å². The van der Waals surface area contributed by atoms with E-state index in [4.69, 9.17) is 0 Å². The molecule has 3 aromatic rings. The van der Waals surface area contributed by atoms with Gasteiger partial charge < -0.3 is 10.6 Å². The summed E-state index contributed by atoms with van der Waals surface area (Å²) in [6.45, 7) is 3.96. The van der Waals surface area contributed by atoms with Crippen LogP contribution >= 0.6 is 0 Å². The van der Waals surface area contributed by atoms with Crippen LogP contribution in [0.4, 0.5) is 5.69 Å². The zero-order valence-corrected chi connectivity index (χ0v) is 17.4. The van der Waals surface area contributed by atoms with Gasteiger partial charge in [0.15, 0.2) is 5.84 Å². The van der Waals surface area contributed by atoms with Crippen molar-refractivity contribution in [1.29, 1.82) is 0 Å². The first-order valence-electron chi connectivity index (χ1n) is 9.52. The second-order valence-electron chi connectivity index (χ2n) is 7.22. The van der Waals surface area contributed by atoms with Crippen LogP contribution in [-0.4, -0.2) is 20.2 Å². The van der Waals surface area contributed by atoms with E-state index in [1.165, 1.54) is 11.6 Å². The smallest absolute Gasteiger partial charge is 0.285 e. The number of hydrogen-bond donors (Lipinski definition) is 2. The van der Waals surface area contributed by atoms with Crippen LogP contribution in [0.1, 0.15) is 40.0 Å². The van der Waals surface area contributed by atoms with Crippen molar-refractivity contribution in [3.63, 3.8) is 0 Å². The Hall–Kier alpha value is -3.45. The van der Waals surface area contributed by atoms with Crippen molar-refractivity contribution in [3.8, 4) is 0 Å². The Morgan fingerprint density at radius 2 is 1.60 bits per heavy atom. The summed E-state index contributed by atoms with van der Waals surface area (Å²) in [5.74, 6) is 0.0940. The van der Waals surface area contributed by atoms with E-state index in [1.807, 2.05) is 38.1 Å². The van der Waals surface area contributed by atoms with Crippen LogP contribution in [-0.2, 0) is 10.0 Å². The molecule has 0 fully saturated rings. The van der Waals surface area contributed by atoms with E-state index in [1.54, 1.807) is 42.5 Å². The number of anilines is 1. The molecule has 152 valence electrons. The average Bonchev–Trinajstić information content (AvgIpc) is 2.99. The highest BCUT2D eigenvalue weighted by Crippen LogP contribution is 2.26. The summed E-state index contributed by atoms with van der Waals surface area (Å²) in [5, 5.41) is 6.02. The summed E-state index contributed by atoms with van der Waals surface area (Å²) in [6, 6.07) is 21.4. The normalized spacial score (nSPS) is 15.1. The Labute approximate surface area is 175 Å². The minimum absolute atomic E-state index is 0.120. The zero-order chi connectivity index (χ0) is 21.3. The summed E-state index contributed by atoms with van der Waals surface area (Å²) in [4.78, 5) is 12.8. The van der Waals surface area contributed by atoms with Crippen molar-refractivity contribution in [2.75, 3.05) is 5.32 Å². The first kappa shape index (κ1) is 19.8. The number of carbonyl (C=O) groups excluding carboxylic acids is 1. The van der Waals surface area contributed by atoms with E-state index < -0.39 is 10.0 Å². The van der Waals surface area contributed by atoms with Gasteiger partial charge in [-0.25, -0.2) is 0 Å². The second kappa shape index (κ2) is 7.76. The van der Waals surface area contributed by atoms with Gasteiger partial charge in [0.2, 0.25) is 0 Å². The quantitative estimate of drug-likeness (QED) is 0.668. The van der Waals surface area contributed by atoms with Gasteiger partial charge in [0.1, 0.15) is 4.90 Å². The van der Waals surface area contributed by atoms with E-state index >= 15 is 0 Å². The maximum atomic E-state index is 12.6. The fourth-order valence-electron chi connectivity index (χ4n) is 3.26. The number of carbonyl (C=O) groups is 1. The monoisotopic (exact) mass is 419 g/mol. The highest BCUT2D eigenvalue weighted by Gasteiger charge is 2.28.